The van der Waals surface area contributed by atoms with E-state index in [9.17, 15) is 0 Å². The number of aryl methyl sites for hydroxylation is 1. The van der Waals surface area contributed by atoms with E-state index < -0.39 is 0 Å². The zero-order chi connectivity index (χ0) is 16.5. The van der Waals surface area contributed by atoms with Gasteiger partial charge in [-0.2, -0.15) is 0 Å². The molecule has 2 N–H and O–H groups in total. The van der Waals surface area contributed by atoms with Crippen molar-refractivity contribution in [3.63, 3.8) is 0 Å². The molecule has 0 aliphatic heterocycles. The van der Waals surface area contributed by atoms with Crippen LogP contribution in [-0.2, 0) is 6.54 Å². The Morgan fingerprint density at radius 1 is 1.13 bits per heavy atom. The number of nitrogens with zero attached hydrogens (tertiary/aromatic N) is 3. The number of aromatic nitrogens is 2. The van der Waals surface area contributed by atoms with Crippen LogP contribution in [0.2, 0.25) is 0 Å². The van der Waals surface area contributed by atoms with Gasteiger partial charge in [0.05, 0.1) is 11.0 Å². The third-order valence-corrected chi connectivity index (χ3v) is 4.02. The van der Waals surface area contributed by atoms with Crippen LogP contribution in [0.4, 0.5) is 0 Å². The van der Waals surface area contributed by atoms with Crippen LogP contribution in [0.15, 0.2) is 29.3 Å². The number of rotatable bonds is 8. The molecule has 0 atom stereocenters. The molecule has 0 amide bonds. The van der Waals surface area contributed by atoms with E-state index in [1.165, 1.54) is 31.2 Å². The smallest absolute Gasteiger partial charge is 0.191 e. The summed E-state index contributed by atoms with van der Waals surface area (Å²) in [4.78, 5) is 8.88. The van der Waals surface area contributed by atoms with Crippen molar-refractivity contribution in [3.8, 4) is 0 Å². The van der Waals surface area contributed by atoms with Gasteiger partial charge in [0.15, 0.2) is 5.96 Å². The highest BCUT2D eigenvalue weighted by Crippen LogP contribution is 2.14. The maximum Gasteiger partial charge on any atom is 0.191 e. The average Bonchev–Trinajstić information content (AvgIpc) is 2.88. The monoisotopic (exact) mass is 315 g/mol. The van der Waals surface area contributed by atoms with Crippen LogP contribution in [0, 0.1) is 6.92 Å². The molecule has 1 aromatic heterocycles. The van der Waals surface area contributed by atoms with Gasteiger partial charge in [-0.3, -0.25) is 4.99 Å². The quantitative estimate of drug-likeness (QED) is 0.447. The Labute approximate surface area is 139 Å². The third kappa shape index (κ3) is 4.98. The second-order valence-corrected chi connectivity index (χ2v) is 5.79. The molecular formula is C18H29N5. The number of benzene rings is 1. The molecule has 1 aromatic carbocycles. The highest BCUT2D eigenvalue weighted by atomic mass is 15.2. The molecule has 0 saturated carbocycles. The number of fused-ring (bicyclic) bond motifs is 1. The van der Waals surface area contributed by atoms with E-state index in [4.69, 9.17) is 0 Å². The number of guanidine groups is 1. The van der Waals surface area contributed by atoms with Gasteiger partial charge in [-0.1, -0.05) is 38.3 Å². The molecule has 2 rings (SSSR count). The Hall–Kier alpha value is -2.04. The van der Waals surface area contributed by atoms with Gasteiger partial charge < -0.3 is 15.2 Å². The first-order valence-corrected chi connectivity index (χ1v) is 8.62. The summed E-state index contributed by atoms with van der Waals surface area (Å²) in [6.07, 6.45) is 5.05. The van der Waals surface area contributed by atoms with Gasteiger partial charge in [0, 0.05) is 26.7 Å². The van der Waals surface area contributed by atoms with Crippen LogP contribution in [0.5, 0.6) is 0 Å². The number of hydrogen-bond acceptors (Lipinski definition) is 2. The molecule has 0 unspecified atom stereocenters. The lowest BCUT2D eigenvalue weighted by Gasteiger charge is -2.13. The largest absolute Gasteiger partial charge is 0.356 e. The predicted molar refractivity (Wildman–Crippen MR) is 98.0 cm³/mol. The number of aliphatic imine (C=N–C) groups is 1. The van der Waals surface area contributed by atoms with Crippen LogP contribution in [0.3, 0.4) is 0 Å². The molecule has 0 saturated heterocycles. The maximum absolute atomic E-state index is 4.60. The van der Waals surface area contributed by atoms with Gasteiger partial charge in [0.1, 0.15) is 5.82 Å². The number of imidazole rings is 1. The fourth-order valence-electron chi connectivity index (χ4n) is 2.74. The Bertz CT molecular complexity index is 629. The molecule has 0 fully saturated rings. The van der Waals surface area contributed by atoms with Crippen LogP contribution in [0.1, 0.15) is 38.4 Å². The van der Waals surface area contributed by atoms with Gasteiger partial charge in [-0.05, 0) is 25.5 Å². The molecule has 0 spiro atoms. The lowest BCUT2D eigenvalue weighted by atomic mass is 10.2. The highest BCUT2D eigenvalue weighted by Gasteiger charge is 2.06. The minimum atomic E-state index is 0.829. The zero-order valence-electron chi connectivity index (χ0n) is 14.6. The molecule has 5 nitrogen and oxygen atoms in total. The summed E-state index contributed by atoms with van der Waals surface area (Å²) < 4.78 is 2.25. The van der Waals surface area contributed by atoms with Gasteiger partial charge in [0.2, 0.25) is 0 Å². The lowest BCUT2D eigenvalue weighted by Crippen LogP contribution is -2.39. The Balaban J connectivity index is 1.79. The van der Waals surface area contributed by atoms with Crippen molar-refractivity contribution < 1.29 is 0 Å². The molecule has 1 heterocycles. The van der Waals surface area contributed by atoms with Crippen LogP contribution in [0.25, 0.3) is 11.0 Å². The normalized spacial score (nSPS) is 11.9. The molecule has 0 aliphatic rings. The Kier molecular flexibility index (Phi) is 6.91. The van der Waals surface area contributed by atoms with Crippen LogP contribution in [-0.4, -0.2) is 35.6 Å². The van der Waals surface area contributed by atoms with Crippen molar-refractivity contribution in [2.75, 3.05) is 20.1 Å². The highest BCUT2D eigenvalue weighted by molar-refractivity contribution is 5.79. The summed E-state index contributed by atoms with van der Waals surface area (Å²) in [5, 5.41) is 6.75. The summed E-state index contributed by atoms with van der Waals surface area (Å²) in [5.74, 6) is 1.93. The fraction of sp³-hybridized carbons (Fsp3) is 0.556. The number of unbranched alkanes of at least 4 members (excludes halogenated alkanes) is 3. The minimum Gasteiger partial charge on any atom is -0.356 e. The van der Waals surface area contributed by atoms with E-state index >= 15 is 0 Å². The topological polar surface area (TPSA) is 54.2 Å². The van der Waals surface area contributed by atoms with Gasteiger partial charge >= 0.3 is 0 Å². The van der Waals surface area contributed by atoms with Gasteiger partial charge in [0.25, 0.3) is 0 Å². The van der Waals surface area contributed by atoms with Crippen molar-refractivity contribution in [1.29, 1.82) is 0 Å². The third-order valence-electron chi connectivity index (χ3n) is 4.02. The second-order valence-electron chi connectivity index (χ2n) is 5.79. The fourth-order valence-corrected chi connectivity index (χ4v) is 2.74. The molecule has 5 heteroatoms. The van der Waals surface area contributed by atoms with E-state index in [-0.39, 0.29) is 0 Å². The number of hydrogen-bond donors (Lipinski definition) is 2. The molecule has 2 aromatic rings. The summed E-state index contributed by atoms with van der Waals surface area (Å²) in [6.45, 7) is 6.97. The molecular weight excluding hydrogens is 286 g/mol. The maximum atomic E-state index is 4.60. The number of para-hydroxylation sites is 2. The van der Waals surface area contributed by atoms with E-state index in [0.717, 1.165) is 36.9 Å². The Morgan fingerprint density at radius 3 is 2.70 bits per heavy atom. The van der Waals surface area contributed by atoms with E-state index in [0.29, 0.717) is 0 Å². The molecule has 23 heavy (non-hydrogen) atoms. The molecule has 0 bridgehead atoms. The summed E-state index contributed by atoms with van der Waals surface area (Å²) >= 11 is 0. The first-order valence-electron chi connectivity index (χ1n) is 8.62. The standard InChI is InChI=1S/C18H29N5/c1-4-5-6-9-12-20-18(19-3)21-13-14-23-15(2)22-16-10-7-8-11-17(16)23/h7-8,10-11H,4-6,9,12-14H2,1-3H3,(H2,19,20,21). The molecule has 126 valence electrons. The summed E-state index contributed by atoms with van der Waals surface area (Å²) in [6, 6.07) is 8.27. The van der Waals surface area contributed by atoms with E-state index in [1.807, 2.05) is 13.1 Å². The van der Waals surface area contributed by atoms with Crippen molar-refractivity contribution in [2.45, 2.75) is 46.1 Å². The predicted octanol–water partition coefficient (Wildman–Crippen LogP) is 3.09. The van der Waals surface area contributed by atoms with E-state index in [1.54, 1.807) is 0 Å². The van der Waals surface area contributed by atoms with Crippen molar-refractivity contribution in [3.05, 3.63) is 30.1 Å². The van der Waals surface area contributed by atoms with E-state index in [2.05, 4.69) is 57.2 Å². The summed E-state index contributed by atoms with van der Waals surface area (Å²) in [7, 11) is 1.82. The van der Waals surface area contributed by atoms with Crippen molar-refractivity contribution in [2.24, 2.45) is 4.99 Å². The Morgan fingerprint density at radius 2 is 1.91 bits per heavy atom. The van der Waals surface area contributed by atoms with Crippen molar-refractivity contribution >= 4 is 17.0 Å². The minimum absolute atomic E-state index is 0.829. The van der Waals surface area contributed by atoms with Crippen molar-refractivity contribution in [1.82, 2.24) is 20.2 Å². The zero-order valence-corrected chi connectivity index (χ0v) is 14.6. The van der Waals surface area contributed by atoms with Crippen LogP contribution >= 0.6 is 0 Å². The number of nitrogens with one attached hydrogen (secondary N) is 2. The molecule has 0 radical (unpaired) electrons. The average molecular weight is 315 g/mol. The van der Waals surface area contributed by atoms with Crippen LogP contribution < -0.4 is 10.6 Å². The molecule has 0 aliphatic carbocycles. The first kappa shape index (κ1) is 17.3. The lowest BCUT2D eigenvalue weighted by molar-refractivity contribution is 0.634. The first-order chi connectivity index (χ1) is 11.3. The van der Waals surface area contributed by atoms with Gasteiger partial charge in [-0.15, -0.1) is 0 Å². The SMILES string of the molecule is CCCCCCNC(=NC)NCCn1c(C)nc2ccccc21. The van der Waals surface area contributed by atoms with Gasteiger partial charge in [-0.25, -0.2) is 4.98 Å². The second kappa shape index (κ2) is 9.18. The summed E-state index contributed by atoms with van der Waals surface area (Å²) in [5.41, 5.74) is 2.25.